The van der Waals surface area contributed by atoms with Gasteiger partial charge in [-0.1, -0.05) is 48.5 Å². The highest BCUT2D eigenvalue weighted by molar-refractivity contribution is 7.89. The SMILES string of the molecule is Cc1cccc2nc(COC(=O)[C@H](Cc3ccccc3)NS(=O)(=O)c3ccccc3F)cc(=O)n12. The molecule has 1 atom stereocenters. The minimum Gasteiger partial charge on any atom is -0.458 e. The fourth-order valence-electron chi connectivity index (χ4n) is 3.62. The first-order valence-electron chi connectivity index (χ1n) is 10.7. The molecule has 0 aliphatic heterocycles. The highest BCUT2D eigenvalue weighted by Gasteiger charge is 2.29. The van der Waals surface area contributed by atoms with Crippen LogP contribution in [0.5, 0.6) is 0 Å². The third kappa shape index (κ3) is 5.61. The van der Waals surface area contributed by atoms with Crippen molar-refractivity contribution in [1.29, 1.82) is 0 Å². The number of rotatable bonds is 8. The van der Waals surface area contributed by atoms with Crippen LogP contribution in [0.2, 0.25) is 0 Å². The number of fused-ring (bicyclic) bond motifs is 1. The van der Waals surface area contributed by atoms with Gasteiger partial charge in [-0.3, -0.25) is 14.0 Å². The number of ether oxygens (including phenoxy) is 1. The van der Waals surface area contributed by atoms with Gasteiger partial charge >= 0.3 is 5.97 Å². The zero-order chi connectivity index (χ0) is 25.0. The maximum Gasteiger partial charge on any atom is 0.324 e. The van der Waals surface area contributed by atoms with Gasteiger partial charge < -0.3 is 4.74 Å². The number of nitrogens with one attached hydrogen (secondary N) is 1. The molecule has 0 spiro atoms. The lowest BCUT2D eigenvalue weighted by Crippen LogP contribution is -2.43. The summed E-state index contributed by atoms with van der Waals surface area (Å²) in [4.78, 5) is 29.2. The molecule has 10 heteroatoms. The summed E-state index contributed by atoms with van der Waals surface area (Å²) < 4.78 is 48.8. The van der Waals surface area contributed by atoms with Crippen LogP contribution in [0.15, 0.2) is 88.6 Å². The number of pyridine rings is 1. The third-order valence-electron chi connectivity index (χ3n) is 5.29. The maximum absolute atomic E-state index is 14.2. The van der Waals surface area contributed by atoms with Crippen molar-refractivity contribution < 1.29 is 22.3 Å². The van der Waals surface area contributed by atoms with Crippen molar-refractivity contribution in [2.45, 2.75) is 30.9 Å². The molecule has 0 saturated heterocycles. The Bertz CT molecular complexity index is 1540. The molecular formula is C25H22FN3O5S. The lowest BCUT2D eigenvalue weighted by Gasteiger charge is -2.18. The van der Waals surface area contributed by atoms with E-state index in [1.54, 1.807) is 55.5 Å². The van der Waals surface area contributed by atoms with Gasteiger partial charge in [-0.05, 0) is 43.2 Å². The van der Waals surface area contributed by atoms with Crippen LogP contribution < -0.4 is 10.3 Å². The minimum atomic E-state index is -4.37. The van der Waals surface area contributed by atoms with E-state index in [1.165, 1.54) is 22.6 Å². The summed E-state index contributed by atoms with van der Waals surface area (Å²) in [7, 11) is -4.37. The van der Waals surface area contributed by atoms with Crippen LogP contribution in [-0.2, 0) is 32.6 Å². The second-order valence-electron chi connectivity index (χ2n) is 7.85. The van der Waals surface area contributed by atoms with Crippen molar-refractivity contribution in [3.8, 4) is 0 Å². The van der Waals surface area contributed by atoms with Crippen LogP contribution in [0.3, 0.4) is 0 Å². The number of carbonyl (C=O) groups is 1. The zero-order valence-electron chi connectivity index (χ0n) is 18.7. The van der Waals surface area contributed by atoms with Gasteiger partial charge in [-0.15, -0.1) is 0 Å². The average Bonchev–Trinajstić information content (AvgIpc) is 2.82. The molecule has 0 saturated carbocycles. The summed E-state index contributed by atoms with van der Waals surface area (Å²) in [5.74, 6) is -1.83. The topological polar surface area (TPSA) is 107 Å². The fraction of sp³-hybridized carbons (Fsp3) is 0.160. The van der Waals surface area contributed by atoms with Crippen molar-refractivity contribution in [1.82, 2.24) is 14.1 Å². The first kappa shape index (κ1) is 24.2. The lowest BCUT2D eigenvalue weighted by atomic mass is 10.1. The smallest absolute Gasteiger partial charge is 0.324 e. The van der Waals surface area contributed by atoms with Crippen LogP contribution in [-0.4, -0.2) is 29.8 Å². The van der Waals surface area contributed by atoms with Crippen molar-refractivity contribution in [2.24, 2.45) is 0 Å². The van der Waals surface area contributed by atoms with Gasteiger partial charge in [0.2, 0.25) is 10.0 Å². The number of hydrogen-bond acceptors (Lipinski definition) is 6. The number of esters is 1. The Morgan fingerprint density at radius 2 is 1.77 bits per heavy atom. The number of aryl methyl sites for hydroxylation is 1. The highest BCUT2D eigenvalue weighted by Crippen LogP contribution is 2.16. The molecule has 2 aromatic carbocycles. The summed E-state index contributed by atoms with van der Waals surface area (Å²) in [5.41, 5.74) is 1.64. The summed E-state index contributed by atoms with van der Waals surface area (Å²) in [6, 6.07) is 18.7. The van der Waals surface area contributed by atoms with Crippen LogP contribution in [0.4, 0.5) is 4.39 Å². The Balaban J connectivity index is 1.57. The van der Waals surface area contributed by atoms with Crippen molar-refractivity contribution in [3.05, 3.63) is 112 Å². The molecule has 35 heavy (non-hydrogen) atoms. The average molecular weight is 496 g/mol. The van der Waals surface area contributed by atoms with Crippen LogP contribution >= 0.6 is 0 Å². The number of benzene rings is 2. The molecule has 2 aromatic heterocycles. The number of carbonyl (C=O) groups excluding carboxylic acids is 1. The standard InChI is InChI=1S/C25H22FN3O5S/c1-17-8-7-13-23-27-19(15-24(30)29(17)23)16-34-25(31)21(14-18-9-3-2-4-10-18)28-35(32,33)22-12-6-5-11-20(22)26/h2-13,15,21,28H,14,16H2,1H3/t21-/m0/s1. The van der Waals surface area contributed by atoms with Crippen LogP contribution in [0, 0.1) is 12.7 Å². The molecule has 1 N–H and O–H groups in total. The number of sulfonamides is 1. The molecule has 0 aliphatic carbocycles. The molecule has 0 amide bonds. The normalized spacial score (nSPS) is 12.4. The molecule has 4 aromatic rings. The first-order valence-corrected chi connectivity index (χ1v) is 12.2. The fourth-order valence-corrected chi connectivity index (χ4v) is 4.88. The van der Waals surface area contributed by atoms with Gasteiger partial charge in [0.1, 0.15) is 29.0 Å². The molecule has 8 nitrogen and oxygen atoms in total. The second-order valence-corrected chi connectivity index (χ2v) is 9.53. The Labute approximate surface area is 201 Å². The lowest BCUT2D eigenvalue weighted by molar-refractivity contribution is -0.147. The van der Waals surface area contributed by atoms with Gasteiger partial charge in [0.05, 0.1) is 5.69 Å². The van der Waals surface area contributed by atoms with Gasteiger partial charge in [0.25, 0.3) is 5.56 Å². The largest absolute Gasteiger partial charge is 0.458 e. The molecular weight excluding hydrogens is 473 g/mol. The quantitative estimate of drug-likeness (QED) is 0.377. The van der Waals surface area contributed by atoms with E-state index in [2.05, 4.69) is 9.71 Å². The van der Waals surface area contributed by atoms with Crippen LogP contribution in [0.1, 0.15) is 17.0 Å². The summed E-state index contributed by atoms with van der Waals surface area (Å²) in [5, 5.41) is 0. The molecule has 180 valence electrons. The zero-order valence-corrected chi connectivity index (χ0v) is 19.5. The van der Waals surface area contributed by atoms with Crippen molar-refractivity contribution in [2.75, 3.05) is 0 Å². The van der Waals surface area contributed by atoms with E-state index in [0.717, 1.165) is 12.1 Å². The van der Waals surface area contributed by atoms with E-state index in [1.807, 2.05) is 0 Å². The summed E-state index contributed by atoms with van der Waals surface area (Å²) in [6.45, 7) is 1.43. The number of halogens is 1. The molecule has 0 aliphatic rings. The molecule has 0 bridgehead atoms. The van der Waals surface area contributed by atoms with Gasteiger partial charge in [-0.25, -0.2) is 17.8 Å². The predicted molar refractivity (Wildman–Crippen MR) is 127 cm³/mol. The summed E-state index contributed by atoms with van der Waals surface area (Å²) >= 11 is 0. The van der Waals surface area contributed by atoms with E-state index in [-0.39, 0.29) is 24.3 Å². The predicted octanol–water partition coefficient (Wildman–Crippen LogP) is 2.78. The maximum atomic E-state index is 14.2. The molecule has 4 rings (SSSR count). The van der Waals surface area contributed by atoms with Crippen LogP contribution in [0.25, 0.3) is 5.65 Å². The third-order valence-corrected chi connectivity index (χ3v) is 6.79. The molecule has 0 unspecified atom stereocenters. The molecule has 0 fully saturated rings. The van der Waals surface area contributed by atoms with E-state index >= 15 is 0 Å². The van der Waals surface area contributed by atoms with E-state index < -0.39 is 32.7 Å². The minimum absolute atomic E-state index is 0.0274. The molecule has 2 heterocycles. The van der Waals surface area contributed by atoms with E-state index in [9.17, 15) is 22.4 Å². The Morgan fingerprint density at radius 3 is 2.51 bits per heavy atom. The van der Waals surface area contributed by atoms with E-state index in [0.29, 0.717) is 16.9 Å². The van der Waals surface area contributed by atoms with Gasteiger partial charge in [0, 0.05) is 11.8 Å². The Morgan fingerprint density at radius 1 is 1.06 bits per heavy atom. The monoisotopic (exact) mass is 495 g/mol. The van der Waals surface area contributed by atoms with E-state index in [4.69, 9.17) is 4.74 Å². The van der Waals surface area contributed by atoms with Gasteiger partial charge in [-0.2, -0.15) is 4.72 Å². The number of hydrogen-bond donors (Lipinski definition) is 1. The highest BCUT2D eigenvalue weighted by atomic mass is 32.2. The second kappa shape index (κ2) is 10.2. The Hall–Kier alpha value is -3.89. The van der Waals surface area contributed by atoms with Crippen molar-refractivity contribution >= 4 is 21.6 Å². The summed E-state index contributed by atoms with van der Waals surface area (Å²) in [6.07, 6.45) is -0.0274. The number of nitrogens with zero attached hydrogens (tertiary/aromatic N) is 2. The first-order chi connectivity index (χ1) is 16.7. The number of aromatic nitrogens is 2. The van der Waals surface area contributed by atoms with Gasteiger partial charge in [0.15, 0.2) is 0 Å². The Kier molecular flexibility index (Phi) is 7.04. The molecule has 0 radical (unpaired) electrons. The van der Waals surface area contributed by atoms with Crippen molar-refractivity contribution in [3.63, 3.8) is 0 Å².